The minimum Gasteiger partial charge on any atom is -0.451 e. The van der Waals surface area contributed by atoms with Gasteiger partial charge >= 0.3 is 5.97 Å². The Morgan fingerprint density at radius 2 is 1.70 bits per heavy atom. The van der Waals surface area contributed by atoms with E-state index in [1.807, 2.05) is 50.2 Å². The number of ether oxygens (including phenoxy) is 1. The number of esters is 1. The molecule has 4 rings (SSSR count). The summed E-state index contributed by atoms with van der Waals surface area (Å²) in [5, 5.41) is 3.97. The normalized spacial score (nSPS) is 11.0. The van der Waals surface area contributed by atoms with Gasteiger partial charge in [0.1, 0.15) is 4.88 Å². The maximum Gasteiger partial charge on any atom is 0.348 e. The molecule has 2 aromatic heterocycles. The second kappa shape index (κ2) is 7.13. The molecule has 0 bridgehead atoms. The van der Waals surface area contributed by atoms with Gasteiger partial charge in [0.2, 0.25) is 0 Å². The zero-order valence-corrected chi connectivity index (χ0v) is 16.5. The van der Waals surface area contributed by atoms with Crippen molar-refractivity contribution in [2.24, 2.45) is 0 Å². The number of thiophene rings is 2. The van der Waals surface area contributed by atoms with Crippen molar-refractivity contribution in [3.8, 4) is 0 Å². The summed E-state index contributed by atoms with van der Waals surface area (Å²) in [6, 6.07) is 15.8. The molecule has 27 heavy (non-hydrogen) atoms. The first-order valence-corrected chi connectivity index (χ1v) is 10.1. The van der Waals surface area contributed by atoms with Gasteiger partial charge in [0.25, 0.3) is 5.91 Å². The number of rotatable bonds is 4. The SMILES string of the molecule is Cc1cccc(C)c1NC(=O)COC(=O)c1cc2sc3ccccc3c2s1. The van der Waals surface area contributed by atoms with Crippen LogP contribution in [-0.4, -0.2) is 18.5 Å². The van der Waals surface area contributed by atoms with E-state index in [9.17, 15) is 9.59 Å². The number of nitrogens with one attached hydrogen (secondary N) is 1. The molecule has 6 heteroatoms. The van der Waals surface area contributed by atoms with Crippen molar-refractivity contribution in [3.63, 3.8) is 0 Å². The van der Waals surface area contributed by atoms with Gasteiger partial charge in [0, 0.05) is 20.5 Å². The van der Waals surface area contributed by atoms with Gasteiger partial charge in [0.15, 0.2) is 6.61 Å². The zero-order valence-electron chi connectivity index (χ0n) is 14.9. The van der Waals surface area contributed by atoms with Gasteiger partial charge in [0.05, 0.1) is 4.70 Å². The minimum atomic E-state index is -0.468. The Kier molecular flexibility index (Phi) is 4.68. The summed E-state index contributed by atoms with van der Waals surface area (Å²) < 4.78 is 8.57. The molecule has 0 unspecified atom stereocenters. The van der Waals surface area contributed by atoms with Crippen LogP contribution in [-0.2, 0) is 9.53 Å². The summed E-state index contributed by atoms with van der Waals surface area (Å²) in [5.74, 6) is -0.811. The van der Waals surface area contributed by atoms with Crippen LogP contribution < -0.4 is 5.32 Å². The molecule has 1 N–H and O–H groups in total. The van der Waals surface area contributed by atoms with Crippen LogP contribution in [0.4, 0.5) is 5.69 Å². The van der Waals surface area contributed by atoms with Gasteiger partial charge in [-0.15, -0.1) is 22.7 Å². The van der Waals surface area contributed by atoms with Crippen LogP contribution in [0.2, 0.25) is 0 Å². The van der Waals surface area contributed by atoms with E-state index in [1.54, 1.807) is 11.3 Å². The van der Waals surface area contributed by atoms with E-state index in [0.717, 1.165) is 31.6 Å². The van der Waals surface area contributed by atoms with Gasteiger partial charge in [-0.3, -0.25) is 4.79 Å². The number of carbonyl (C=O) groups excluding carboxylic acids is 2. The van der Waals surface area contributed by atoms with Crippen molar-refractivity contribution < 1.29 is 14.3 Å². The van der Waals surface area contributed by atoms with Gasteiger partial charge in [-0.2, -0.15) is 0 Å². The number of aryl methyl sites for hydroxylation is 2. The predicted octanol–water partition coefficient (Wildman–Crippen LogP) is 5.53. The topological polar surface area (TPSA) is 55.4 Å². The van der Waals surface area contributed by atoms with E-state index in [-0.39, 0.29) is 12.5 Å². The Hall–Kier alpha value is -2.70. The number of para-hydroxylation sites is 1. The van der Waals surface area contributed by atoms with Crippen LogP contribution in [0.25, 0.3) is 19.5 Å². The molecule has 2 heterocycles. The van der Waals surface area contributed by atoms with Crippen molar-refractivity contribution in [3.05, 3.63) is 64.5 Å². The number of benzene rings is 2. The molecule has 0 aliphatic heterocycles. The van der Waals surface area contributed by atoms with Crippen LogP contribution in [0.3, 0.4) is 0 Å². The number of hydrogen-bond donors (Lipinski definition) is 1. The minimum absolute atomic E-state index is 0.307. The molecule has 0 fully saturated rings. The second-order valence-electron chi connectivity index (χ2n) is 6.29. The summed E-state index contributed by atoms with van der Waals surface area (Å²) in [4.78, 5) is 25.0. The maximum atomic E-state index is 12.4. The monoisotopic (exact) mass is 395 g/mol. The molecule has 0 atom stereocenters. The van der Waals surface area contributed by atoms with Gasteiger partial charge < -0.3 is 10.1 Å². The fourth-order valence-corrected chi connectivity index (χ4v) is 5.41. The van der Waals surface area contributed by atoms with E-state index in [0.29, 0.717) is 4.88 Å². The third-order valence-electron chi connectivity index (χ3n) is 4.33. The van der Waals surface area contributed by atoms with Crippen molar-refractivity contribution >= 4 is 59.7 Å². The van der Waals surface area contributed by atoms with Crippen molar-refractivity contribution in [2.45, 2.75) is 13.8 Å². The number of carbonyl (C=O) groups is 2. The third kappa shape index (κ3) is 3.46. The first-order chi connectivity index (χ1) is 13.0. The number of hydrogen-bond acceptors (Lipinski definition) is 5. The first kappa shape index (κ1) is 17.7. The third-order valence-corrected chi connectivity index (χ3v) is 6.73. The van der Waals surface area contributed by atoms with Crippen LogP contribution in [0.15, 0.2) is 48.5 Å². The van der Waals surface area contributed by atoms with E-state index in [4.69, 9.17) is 4.74 Å². The maximum absolute atomic E-state index is 12.4. The Bertz CT molecular complexity index is 1150. The van der Waals surface area contributed by atoms with E-state index in [1.165, 1.54) is 16.0 Å². The fourth-order valence-electron chi connectivity index (χ4n) is 2.99. The Balaban J connectivity index is 1.44. The van der Waals surface area contributed by atoms with Gasteiger partial charge in [-0.05, 0) is 37.1 Å². The molecule has 0 saturated carbocycles. The molecular weight excluding hydrogens is 378 g/mol. The molecular formula is C21H17NO3S2. The van der Waals surface area contributed by atoms with Gasteiger partial charge in [-0.1, -0.05) is 36.4 Å². The molecule has 2 aromatic carbocycles. The second-order valence-corrected chi connectivity index (χ2v) is 8.43. The lowest BCUT2D eigenvalue weighted by molar-refractivity contribution is -0.119. The highest BCUT2D eigenvalue weighted by molar-refractivity contribution is 7.33. The molecule has 0 saturated heterocycles. The van der Waals surface area contributed by atoms with Crippen LogP contribution in [0.1, 0.15) is 20.8 Å². The average Bonchev–Trinajstić information content (AvgIpc) is 3.21. The van der Waals surface area contributed by atoms with E-state index < -0.39 is 5.97 Å². The van der Waals surface area contributed by atoms with Crippen LogP contribution >= 0.6 is 22.7 Å². The first-order valence-electron chi connectivity index (χ1n) is 8.47. The van der Waals surface area contributed by atoms with E-state index in [2.05, 4.69) is 17.4 Å². The number of anilines is 1. The van der Waals surface area contributed by atoms with Gasteiger partial charge in [-0.25, -0.2) is 4.79 Å². The molecule has 0 aliphatic carbocycles. The standard InChI is InChI=1S/C21H17NO3S2/c1-12-6-5-7-13(2)19(12)22-18(23)11-25-21(24)17-10-16-20(27-17)14-8-3-4-9-15(14)26-16/h3-10H,11H2,1-2H3,(H,22,23). The molecule has 4 aromatic rings. The predicted molar refractivity (Wildman–Crippen MR) is 112 cm³/mol. The highest BCUT2D eigenvalue weighted by Crippen LogP contribution is 2.39. The van der Waals surface area contributed by atoms with Crippen molar-refractivity contribution in [1.29, 1.82) is 0 Å². The fraction of sp³-hybridized carbons (Fsp3) is 0.143. The summed E-state index contributed by atoms with van der Waals surface area (Å²) >= 11 is 3.06. The quantitative estimate of drug-likeness (QED) is 0.462. The number of amides is 1. The number of fused-ring (bicyclic) bond motifs is 3. The summed E-state index contributed by atoms with van der Waals surface area (Å²) in [7, 11) is 0. The Morgan fingerprint density at radius 3 is 2.48 bits per heavy atom. The highest BCUT2D eigenvalue weighted by Gasteiger charge is 2.17. The average molecular weight is 396 g/mol. The van der Waals surface area contributed by atoms with E-state index >= 15 is 0 Å². The largest absolute Gasteiger partial charge is 0.451 e. The van der Waals surface area contributed by atoms with Crippen LogP contribution in [0, 0.1) is 13.8 Å². The van der Waals surface area contributed by atoms with Crippen molar-refractivity contribution in [2.75, 3.05) is 11.9 Å². The molecule has 0 radical (unpaired) electrons. The molecule has 136 valence electrons. The summed E-state index contributed by atoms with van der Waals surface area (Å²) in [5.41, 5.74) is 2.71. The molecule has 4 nitrogen and oxygen atoms in total. The smallest absolute Gasteiger partial charge is 0.348 e. The van der Waals surface area contributed by atoms with Crippen LogP contribution in [0.5, 0.6) is 0 Å². The Labute approximate surface area is 164 Å². The molecule has 0 aliphatic rings. The zero-order chi connectivity index (χ0) is 19.0. The lowest BCUT2D eigenvalue weighted by Gasteiger charge is -2.11. The lowest BCUT2D eigenvalue weighted by Crippen LogP contribution is -2.21. The molecule has 0 spiro atoms. The highest BCUT2D eigenvalue weighted by atomic mass is 32.1. The summed E-state index contributed by atoms with van der Waals surface area (Å²) in [6.07, 6.45) is 0. The van der Waals surface area contributed by atoms with Crippen molar-refractivity contribution in [1.82, 2.24) is 0 Å². The Morgan fingerprint density at radius 1 is 0.963 bits per heavy atom. The molecule has 1 amide bonds. The lowest BCUT2D eigenvalue weighted by atomic mass is 10.1. The summed E-state index contributed by atoms with van der Waals surface area (Å²) in [6.45, 7) is 3.55.